The number of nitrogens with zero attached hydrogens (tertiary/aromatic N) is 4. The van der Waals surface area contributed by atoms with Gasteiger partial charge in [-0.25, -0.2) is 24.5 Å². The fourth-order valence-corrected chi connectivity index (χ4v) is 4.61. The molecule has 0 radical (unpaired) electrons. The number of nitrogen functional groups attached to an aromatic ring is 1. The zero-order valence-electron chi connectivity index (χ0n) is 23.1. The maximum absolute atomic E-state index is 13.4. The number of carbonyl (C=O) groups excluding carboxylic acids is 2. The van der Waals surface area contributed by atoms with E-state index in [4.69, 9.17) is 38.5 Å². The number of fused-ring (bicyclic) bond motifs is 1. The first kappa shape index (κ1) is 31.4. The lowest BCUT2D eigenvalue weighted by Crippen LogP contribution is -2.19. The largest absolute Gasteiger partial charge is 0.510 e. The van der Waals surface area contributed by atoms with E-state index in [0.29, 0.717) is 11.2 Å². The molecule has 0 aliphatic rings. The van der Waals surface area contributed by atoms with Crippen molar-refractivity contribution in [1.82, 2.24) is 19.5 Å². The third-order valence-corrected chi connectivity index (χ3v) is 7.11. The molecule has 0 saturated carbocycles. The topological polar surface area (TPSA) is 185 Å². The average Bonchev–Trinajstić information content (AvgIpc) is 3.43. The molecule has 0 aliphatic heterocycles. The second kappa shape index (κ2) is 15.6. The van der Waals surface area contributed by atoms with E-state index in [9.17, 15) is 14.2 Å². The van der Waals surface area contributed by atoms with Crippen LogP contribution in [0.5, 0.6) is 0 Å². The van der Waals surface area contributed by atoms with Crippen LogP contribution >= 0.6 is 7.60 Å². The summed E-state index contributed by atoms with van der Waals surface area (Å²) in [4.78, 5) is 36.2. The Morgan fingerprint density at radius 1 is 0.837 bits per heavy atom. The maximum atomic E-state index is 13.4. The molecule has 2 heterocycles. The summed E-state index contributed by atoms with van der Waals surface area (Å²) in [7, 11) is -4.14. The molecular weight excluding hydrogens is 585 g/mol. The van der Waals surface area contributed by atoms with Crippen molar-refractivity contribution in [2.75, 3.05) is 25.7 Å². The van der Waals surface area contributed by atoms with Gasteiger partial charge in [-0.15, -0.1) is 0 Å². The van der Waals surface area contributed by atoms with E-state index in [1.165, 1.54) is 12.7 Å². The molecular formula is C27H30N5O10P. The molecule has 0 aliphatic carbocycles. The smallest absolute Gasteiger partial charge is 0.429 e. The predicted molar refractivity (Wildman–Crippen MR) is 150 cm³/mol. The van der Waals surface area contributed by atoms with Crippen molar-refractivity contribution in [2.45, 2.75) is 32.8 Å². The minimum Gasteiger partial charge on any atom is -0.429 e. The van der Waals surface area contributed by atoms with E-state index in [1.807, 2.05) is 12.1 Å². The van der Waals surface area contributed by atoms with Gasteiger partial charge in [-0.1, -0.05) is 60.7 Å². The summed E-state index contributed by atoms with van der Waals surface area (Å²) in [5, 5.41) is 0. The summed E-state index contributed by atoms with van der Waals surface area (Å²) in [6.45, 7) is 0.305. The summed E-state index contributed by atoms with van der Waals surface area (Å²) in [5.74, 6) is 0.230. The molecule has 228 valence electrons. The van der Waals surface area contributed by atoms with Crippen molar-refractivity contribution in [2.24, 2.45) is 0 Å². The Labute approximate surface area is 246 Å². The number of benzene rings is 2. The third-order valence-electron chi connectivity index (χ3n) is 5.65. The van der Waals surface area contributed by atoms with Gasteiger partial charge in [0.15, 0.2) is 11.5 Å². The molecule has 0 spiro atoms. The SMILES string of the molecule is C[C@H](Cn1cnc2c(N)ncnc21)OCP(=O)(OCOC(=O)OCc1ccccc1)OCOC(=O)OCc1ccccc1. The van der Waals surface area contributed by atoms with Gasteiger partial charge < -0.3 is 34.0 Å². The minimum absolute atomic E-state index is 0.0348. The standard InChI is InChI=1S/C27H30N5O10P/c1-20(12-32-16-31-23-24(28)29-15-30-25(23)32)40-19-43(35,41-17-38-26(33)36-13-21-8-4-2-5-9-21)42-18-39-27(34)37-14-22-10-6-3-7-11-22/h2-11,15-16,20H,12-14,17-19H2,1H3,(H2,28,29,30)/t20-/m1/s1. The van der Waals surface area contributed by atoms with Crippen LogP contribution in [-0.2, 0) is 57.1 Å². The average molecular weight is 616 g/mol. The molecule has 0 fully saturated rings. The van der Waals surface area contributed by atoms with Crippen LogP contribution in [0.1, 0.15) is 18.1 Å². The van der Waals surface area contributed by atoms with E-state index >= 15 is 0 Å². The summed E-state index contributed by atoms with van der Waals surface area (Å²) in [5.41, 5.74) is 8.24. The lowest BCUT2D eigenvalue weighted by molar-refractivity contribution is -0.0314. The minimum atomic E-state index is -4.14. The molecule has 2 aromatic carbocycles. The zero-order chi connectivity index (χ0) is 30.5. The molecule has 1 atom stereocenters. The van der Waals surface area contributed by atoms with Crippen LogP contribution < -0.4 is 5.73 Å². The lowest BCUT2D eigenvalue weighted by Gasteiger charge is -2.21. The molecule has 2 N–H and O–H groups in total. The molecule has 16 heteroatoms. The summed E-state index contributed by atoms with van der Waals surface area (Å²) in [6, 6.07) is 17.9. The summed E-state index contributed by atoms with van der Waals surface area (Å²) < 4.78 is 51.0. The predicted octanol–water partition coefficient (Wildman–Crippen LogP) is 4.62. The van der Waals surface area contributed by atoms with Crippen LogP contribution in [0.3, 0.4) is 0 Å². The molecule has 43 heavy (non-hydrogen) atoms. The van der Waals surface area contributed by atoms with Gasteiger partial charge in [-0.05, 0) is 18.1 Å². The summed E-state index contributed by atoms with van der Waals surface area (Å²) >= 11 is 0. The van der Waals surface area contributed by atoms with Gasteiger partial charge >= 0.3 is 19.9 Å². The van der Waals surface area contributed by atoms with Gasteiger partial charge in [0, 0.05) is 0 Å². The first-order valence-corrected chi connectivity index (χ1v) is 14.6. The second-order valence-electron chi connectivity index (χ2n) is 8.88. The molecule has 15 nitrogen and oxygen atoms in total. The Kier molecular flexibility index (Phi) is 11.4. The zero-order valence-corrected chi connectivity index (χ0v) is 24.0. The molecule has 2 aromatic heterocycles. The number of imidazole rings is 1. The number of carbonyl (C=O) groups is 2. The molecule has 0 saturated heterocycles. The van der Waals surface area contributed by atoms with Crippen LogP contribution in [0, 0.1) is 0 Å². The molecule has 4 aromatic rings. The number of hydrogen-bond donors (Lipinski definition) is 1. The number of hydrogen-bond acceptors (Lipinski definition) is 14. The number of anilines is 1. The van der Waals surface area contributed by atoms with Gasteiger partial charge in [-0.2, -0.15) is 0 Å². The highest BCUT2D eigenvalue weighted by Crippen LogP contribution is 2.48. The fraction of sp³-hybridized carbons (Fsp3) is 0.296. The van der Waals surface area contributed by atoms with Crippen LogP contribution in [-0.4, -0.2) is 57.9 Å². The highest BCUT2D eigenvalue weighted by molar-refractivity contribution is 7.53. The molecule has 0 unspecified atom stereocenters. The lowest BCUT2D eigenvalue weighted by atomic mass is 10.2. The maximum Gasteiger partial charge on any atom is 0.510 e. The Morgan fingerprint density at radius 3 is 1.95 bits per heavy atom. The van der Waals surface area contributed by atoms with E-state index in [1.54, 1.807) is 60.0 Å². The van der Waals surface area contributed by atoms with Crippen molar-refractivity contribution < 1.29 is 46.9 Å². The number of ether oxygens (including phenoxy) is 5. The van der Waals surface area contributed by atoms with E-state index < -0.39 is 45.9 Å². The Bertz CT molecular complexity index is 1460. The van der Waals surface area contributed by atoms with Gasteiger partial charge in [0.05, 0.1) is 19.0 Å². The van der Waals surface area contributed by atoms with Crippen LogP contribution in [0.4, 0.5) is 15.4 Å². The second-order valence-corrected chi connectivity index (χ2v) is 10.9. The highest BCUT2D eigenvalue weighted by atomic mass is 31.2. The quantitative estimate of drug-likeness (QED) is 0.111. The van der Waals surface area contributed by atoms with Crippen LogP contribution in [0.25, 0.3) is 11.2 Å². The normalized spacial score (nSPS) is 12.0. The third kappa shape index (κ3) is 10.0. The number of nitrogens with two attached hydrogens (primary N) is 1. The van der Waals surface area contributed by atoms with E-state index in [-0.39, 0.29) is 25.6 Å². The Hall–Kier alpha value is -4.56. The van der Waals surface area contributed by atoms with Crippen LogP contribution in [0.2, 0.25) is 0 Å². The van der Waals surface area contributed by atoms with Crippen molar-refractivity contribution in [3.63, 3.8) is 0 Å². The molecule has 0 amide bonds. The van der Waals surface area contributed by atoms with E-state index in [0.717, 1.165) is 11.1 Å². The molecule has 0 bridgehead atoms. The van der Waals surface area contributed by atoms with Gasteiger partial charge in [0.1, 0.15) is 31.4 Å². The van der Waals surface area contributed by atoms with Crippen molar-refractivity contribution in [3.05, 3.63) is 84.4 Å². The Balaban J connectivity index is 1.28. The van der Waals surface area contributed by atoms with Crippen LogP contribution in [0.15, 0.2) is 73.3 Å². The Morgan fingerprint density at radius 2 is 1.40 bits per heavy atom. The highest BCUT2D eigenvalue weighted by Gasteiger charge is 2.29. The number of rotatable bonds is 15. The first-order valence-electron chi connectivity index (χ1n) is 12.9. The molecule has 4 rings (SSSR count). The van der Waals surface area contributed by atoms with E-state index in [2.05, 4.69) is 15.0 Å². The first-order chi connectivity index (χ1) is 20.8. The number of aromatic nitrogens is 4. The van der Waals surface area contributed by atoms with Crippen molar-refractivity contribution >= 4 is 36.9 Å². The fourth-order valence-electron chi connectivity index (χ4n) is 3.52. The summed E-state index contributed by atoms with van der Waals surface area (Å²) in [6.07, 6.45) is -0.415. The van der Waals surface area contributed by atoms with Gasteiger partial charge in [0.2, 0.25) is 13.6 Å². The van der Waals surface area contributed by atoms with Crippen molar-refractivity contribution in [3.8, 4) is 0 Å². The monoisotopic (exact) mass is 615 g/mol. The van der Waals surface area contributed by atoms with Gasteiger partial charge in [0.25, 0.3) is 0 Å². The van der Waals surface area contributed by atoms with Crippen molar-refractivity contribution in [1.29, 1.82) is 0 Å². The van der Waals surface area contributed by atoms with Gasteiger partial charge in [-0.3, -0.25) is 13.6 Å².